The molecule has 0 aliphatic rings. The maximum atomic E-state index is 12.0. The van der Waals surface area contributed by atoms with E-state index in [-0.39, 0.29) is 5.69 Å². The van der Waals surface area contributed by atoms with Crippen LogP contribution in [0.15, 0.2) is 60.0 Å². The Morgan fingerprint density at radius 2 is 1.92 bits per heavy atom. The second-order valence-corrected chi connectivity index (χ2v) is 5.80. The molecule has 0 atom stereocenters. The molecule has 0 fully saturated rings. The number of hydrazine groups is 1. The molecule has 24 heavy (non-hydrogen) atoms. The van der Waals surface area contributed by atoms with Crippen LogP contribution in [0.4, 0.5) is 0 Å². The lowest BCUT2D eigenvalue weighted by Gasteiger charge is -2.02. The maximum absolute atomic E-state index is 12.0. The number of carbonyl (C=O) groups is 2. The van der Waals surface area contributed by atoms with E-state index in [0.29, 0.717) is 5.69 Å². The van der Waals surface area contributed by atoms with E-state index in [9.17, 15) is 9.59 Å². The largest absolute Gasteiger partial charge is 0.287 e. The van der Waals surface area contributed by atoms with Gasteiger partial charge in [0.05, 0.1) is 5.69 Å². The zero-order valence-electron chi connectivity index (χ0n) is 12.5. The summed E-state index contributed by atoms with van der Waals surface area (Å²) in [5, 5.41) is 8.66. The normalized spacial score (nSPS) is 10.7. The number of hydrogen-bond acceptors (Lipinski definition) is 4. The number of nitrogens with one attached hydrogen (secondary N) is 3. The third-order valence-electron chi connectivity index (χ3n) is 3.13. The predicted molar refractivity (Wildman–Crippen MR) is 93.0 cm³/mol. The fourth-order valence-corrected chi connectivity index (χ4v) is 2.58. The third kappa shape index (κ3) is 3.96. The summed E-state index contributed by atoms with van der Waals surface area (Å²) in [6.45, 7) is 0. The van der Waals surface area contributed by atoms with Crippen molar-refractivity contribution >= 4 is 29.2 Å². The van der Waals surface area contributed by atoms with Crippen LogP contribution in [0.2, 0.25) is 0 Å². The molecule has 6 nitrogen and oxygen atoms in total. The summed E-state index contributed by atoms with van der Waals surface area (Å²) in [4.78, 5) is 24.6. The minimum absolute atomic E-state index is 0.261. The predicted octanol–water partition coefficient (Wildman–Crippen LogP) is 2.61. The molecule has 2 heterocycles. The average molecular weight is 338 g/mol. The van der Waals surface area contributed by atoms with Gasteiger partial charge in [0.15, 0.2) is 0 Å². The van der Waals surface area contributed by atoms with Gasteiger partial charge in [-0.1, -0.05) is 36.4 Å². The number of benzene rings is 1. The zero-order valence-corrected chi connectivity index (χ0v) is 13.3. The number of amides is 2. The van der Waals surface area contributed by atoms with Crippen LogP contribution >= 0.6 is 11.3 Å². The Bertz CT molecular complexity index is 854. The molecular formula is C17H14N4O2S. The fraction of sp³-hybridized carbons (Fsp3) is 0. The SMILES string of the molecule is O=C(/C=C/c1cccs1)NNC(=O)c1cc(-c2ccccc2)n[nH]1. The first-order valence-electron chi connectivity index (χ1n) is 7.15. The van der Waals surface area contributed by atoms with Crippen molar-refractivity contribution < 1.29 is 9.59 Å². The van der Waals surface area contributed by atoms with Crippen LogP contribution in [0.3, 0.4) is 0 Å². The van der Waals surface area contributed by atoms with Crippen LogP contribution in [0.1, 0.15) is 15.4 Å². The minimum Gasteiger partial charge on any atom is -0.272 e. The molecule has 0 bridgehead atoms. The van der Waals surface area contributed by atoms with Gasteiger partial charge in [-0.3, -0.25) is 25.5 Å². The molecule has 0 unspecified atom stereocenters. The number of aromatic amines is 1. The number of thiophene rings is 1. The van der Waals surface area contributed by atoms with Crippen molar-refractivity contribution in [3.63, 3.8) is 0 Å². The van der Waals surface area contributed by atoms with E-state index in [2.05, 4.69) is 21.0 Å². The Balaban J connectivity index is 1.56. The molecule has 0 aliphatic carbocycles. The van der Waals surface area contributed by atoms with Crippen LogP contribution in [0.25, 0.3) is 17.3 Å². The van der Waals surface area contributed by atoms with Gasteiger partial charge < -0.3 is 0 Å². The van der Waals surface area contributed by atoms with E-state index in [1.54, 1.807) is 12.1 Å². The summed E-state index contributed by atoms with van der Waals surface area (Å²) in [7, 11) is 0. The van der Waals surface area contributed by atoms with Gasteiger partial charge in [0.1, 0.15) is 5.69 Å². The molecule has 2 aromatic heterocycles. The number of aromatic nitrogens is 2. The summed E-state index contributed by atoms with van der Waals surface area (Å²) in [6.07, 6.45) is 3.03. The Morgan fingerprint density at radius 1 is 1.08 bits per heavy atom. The molecule has 7 heteroatoms. The maximum Gasteiger partial charge on any atom is 0.287 e. The molecule has 120 valence electrons. The van der Waals surface area contributed by atoms with Crippen molar-refractivity contribution in [3.05, 3.63) is 70.6 Å². The smallest absolute Gasteiger partial charge is 0.272 e. The van der Waals surface area contributed by atoms with Gasteiger partial charge in [0.2, 0.25) is 0 Å². The Hall–Kier alpha value is -3.19. The minimum atomic E-state index is -0.470. The highest BCUT2D eigenvalue weighted by atomic mass is 32.1. The Kier molecular flexibility index (Phi) is 4.83. The van der Waals surface area contributed by atoms with E-state index in [1.165, 1.54) is 17.4 Å². The quantitative estimate of drug-likeness (QED) is 0.505. The van der Waals surface area contributed by atoms with Gasteiger partial charge in [0, 0.05) is 16.5 Å². The Morgan fingerprint density at radius 3 is 2.67 bits per heavy atom. The molecule has 3 N–H and O–H groups in total. The molecular weight excluding hydrogens is 324 g/mol. The monoisotopic (exact) mass is 338 g/mol. The number of rotatable bonds is 4. The number of hydrogen-bond donors (Lipinski definition) is 3. The van der Waals surface area contributed by atoms with E-state index >= 15 is 0 Å². The summed E-state index contributed by atoms with van der Waals surface area (Å²) in [5.74, 6) is -0.887. The lowest BCUT2D eigenvalue weighted by molar-refractivity contribution is -0.117. The molecule has 3 rings (SSSR count). The molecule has 1 aromatic carbocycles. The number of carbonyl (C=O) groups excluding carboxylic acids is 2. The van der Waals surface area contributed by atoms with Gasteiger partial charge in [-0.15, -0.1) is 11.3 Å². The van der Waals surface area contributed by atoms with E-state index in [0.717, 1.165) is 10.4 Å². The van der Waals surface area contributed by atoms with Crippen LogP contribution in [0, 0.1) is 0 Å². The van der Waals surface area contributed by atoms with Crippen molar-refractivity contribution in [3.8, 4) is 11.3 Å². The molecule has 0 aliphatic heterocycles. The summed E-state index contributed by atoms with van der Waals surface area (Å²) >= 11 is 1.52. The van der Waals surface area contributed by atoms with Crippen molar-refractivity contribution in [1.29, 1.82) is 0 Å². The third-order valence-corrected chi connectivity index (χ3v) is 3.97. The van der Waals surface area contributed by atoms with Crippen LogP contribution in [-0.2, 0) is 4.79 Å². The zero-order chi connectivity index (χ0) is 16.8. The highest BCUT2D eigenvalue weighted by Gasteiger charge is 2.11. The summed E-state index contributed by atoms with van der Waals surface area (Å²) < 4.78 is 0. The van der Waals surface area contributed by atoms with Crippen LogP contribution in [0.5, 0.6) is 0 Å². The molecule has 0 saturated carbocycles. The van der Waals surface area contributed by atoms with Crippen molar-refractivity contribution in [2.45, 2.75) is 0 Å². The topological polar surface area (TPSA) is 86.9 Å². The highest BCUT2D eigenvalue weighted by Crippen LogP contribution is 2.16. The fourth-order valence-electron chi connectivity index (χ4n) is 1.97. The van der Waals surface area contributed by atoms with Crippen molar-refractivity contribution in [2.75, 3.05) is 0 Å². The van der Waals surface area contributed by atoms with Gasteiger partial charge in [-0.05, 0) is 23.6 Å². The number of nitrogens with zero attached hydrogens (tertiary/aromatic N) is 1. The van der Waals surface area contributed by atoms with Gasteiger partial charge in [-0.2, -0.15) is 5.10 Å². The molecule has 3 aromatic rings. The first-order valence-corrected chi connectivity index (χ1v) is 8.03. The molecule has 2 amide bonds. The summed E-state index contributed by atoms with van der Waals surface area (Å²) in [6, 6.07) is 14.9. The Labute approximate surface area is 142 Å². The number of H-pyrrole nitrogens is 1. The van der Waals surface area contributed by atoms with E-state index in [1.807, 2.05) is 47.8 Å². The molecule has 0 saturated heterocycles. The van der Waals surface area contributed by atoms with Crippen molar-refractivity contribution in [1.82, 2.24) is 21.0 Å². The molecule has 0 radical (unpaired) electrons. The average Bonchev–Trinajstić information content (AvgIpc) is 3.30. The van der Waals surface area contributed by atoms with Crippen LogP contribution < -0.4 is 10.9 Å². The second kappa shape index (κ2) is 7.38. The molecule has 0 spiro atoms. The standard InChI is InChI=1S/C17H14N4O2S/c22-16(9-8-13-7-4-10-24-13)20-21-17(23)15-11-14(18-19-15)12-5-2-1-3-6-12/h1-11H,(H,18,19)(H,20,22)(H,21,23)/b9-8+. The van der Waals surface area contributed by atoms with Gasteiger partial charge in [-0.25, -0.2) is 0 Å². The van der Waals surface area contributed by atoms with Crippen molar-refractivity contribution in [2.24, 2.45) is 0 Å². The first kappa shape index (κ1) is 15.7. The second-order valence-electron chi connectivity index (χ2n) is 4.83. The van der Waals surface area contributed by atoms with Crippen LogP contribution in [-0.4, -0.2) is 22.0 Å². The lowest BCUT2D eigenvalue weighted by atomic mass is 10.1. The van der Waals surface area contributed by atoms with E-state index < -0.39 is 11.8 Å². The summed E-state index contributed by atoms with van der Waals surface area (Å²) in [5.41, 5.74) is 6.48. The van der Waals surface area contributed by atoms with Gasteiger partial charge in [0.25, 0.3) is 11.8 Å². The van der Waals surface area contributed by atoms with E-state index in [4.69, 9.17) is 0 Å². The lowest BCUT2D eigenvalue weighted by Crippen LogP contribution is -2.40. The van der Waals surface area contributed by atoms with Gasteiger partial charge >= 0.3 is 0 Å². The highest BCUT2D eigenvalue weighted by molar-refractivity contribution is 7.10. The first-order chi connectivity index (χ1) is 11.7.